The van der Waals surface area contributed by atoms with Crippen LogP contribution in [0.4, 0.5) is 0 Å². The monoisotopic (exact) mass is 175 g/mol. The predicted octanol–water partition coefficient (Wildman–Crippen LogP) is 2.56. The van der Waals surface area contributed by atoms with Gasteiger partial charge in [0.15, 0.2) is 0 Å². The highest BCUT2D eigenvalue weighted by Gasteiger charge is 2.22. The van der Waals surface area contributed by atoms with Crippen molar-refractivity contribution in [3.63, 3.8) is 0 Å². The highest BCUT2D eigenvalue weighted by Crippen LogP contribution is 2.16. The van der Waals surface area contributed by atoms with Gasteiger partial charge < -0.3 is 5.32 Å². The molecule has 0 aromatic rings. The lowest BCUT2D eigenvalue weighted by molar-refractivity contribution is 0.351. The van der Waals surface area contributed by atoms with Crippen LogP contribution in [-0.4, -0.2) is 18.0 Å². The molecule has 0 heterocycles. The predicted molar refractivity (Wildman–Crippen MR) is 52.2 cm³/mol. The van der Waals surface area contributed by atoms with Gasteiger partial charge in [-0.25, -0.2) is 0 Å². The molecule has 11 heavy (non-hydrogen) atoms. The summed E-state index contributed by atoms with van der Waals surface area (Å²) in [7, 11) is 0. The maximum absolute atomic E-state index is 5.86. The second kappa shape index (κ2) is 5.62. The van der Waals surface area contributed by atoms with Crippen LogP contribution in [0.1, 0.15) is 26.7 Å². The van der Waals surface area contributed by atoms with E-state index < -0.39 is 0 Å². The first-order valence-corrected chi connectivity index (χ1v) is 4.70. The fourth-order valence-electron chi connectivity index (χ4n) is 1.02. The standard InChI is InChI=1S/C9H18ClN/c1-4-7-11-9(5-2,6-3)8-10/h4,11H,1,5-8H2,2-3H3. The molecule has 0 amide bonds. The third-order valence-corrected chi connectivity index (χ3v) is 2.74. The molecule has 0 radical (unpaired) electrons. The van der Waals surface area contributed by atoms with Crippen LogP contribution in [0.2, 0.25) is 0 Å². The highest BCUT2D eigenvalue weighted by atomic mass is 35.5. The summed E-state index contributed by atoms with van der Waals surface area (Å²) >= 11 is 5.86. The zero-order valence-electron chi connectivity index (χ0n) is 7.49. The maximum atomic E-state index is 5.86. The third kappa shape index (κ3) is 3.26. The van der Waals surface area contributed by atoms with Gasteiger partial charge in [0.25, 0.3) is 0 Å². The van der Waals surface area contributed by atoms with Gasteiger partial charge in [-0.1, -0.05) is 19.9 Å². The first-order valence-electron chi connectivity index (χ1n) is 4.16. The van der Waals surface area contributed by atoms with E-state index in [0.29, 0.717) is 5.88 Å². The van der Waals surface area contributed by atoms with Crippen molar-refractivity contribution in [1.82, 2.24) is 5.32 Å². The second-order valence-electron chi connectivity index (χ2n) is 2.79. The highest BCUT2D eigenvalue weighted by molar-refractivity contribution is 6.18. The molecule has 0 saturated carbocycles. The van der Waals surface area contributed by atoms with E-state index in [2.05, 4.69) is 25.7 Å². The lowest BCUT2D eigenvalue weighted by Crippen LogP contribution is -2.45. The number of hydrogen-bond acceptors (Lipinski definition) is 1. The van der Waals surface area contributed by atoms with Crippen molar-refractivity contribution in [2.45, 2.75) is 32.2 Å². The zero-order chi connectivity index (χ0) is 8.74. The van der Waals surface area contributed by atoms with E-state index in [4.69, 9.17) is 11.6 Å². The molecule has 66 valence electrons. The van der Waals surface area contributed by atoms with Crippen LogP contribution in [0, 0.1) is 0 Å². The van der Waals surface area contributed by atoms with Crippen molar-refractivity contribution in [3.8, 4) is 0 Å². The van der Waals surface area contributed by atoms with Crippen LogP contribution < -0.4 is 5.32 Å². The van der Waals surface area contributed by atoms with Gasteiger partial charge in [-0.05, 0) is 12.8 Å². The van der Waals surface area contributed by atoms with Crippen molar-refractivity contribution < 1.29 is 0 Å². The Balaban J connectivity index is 3.93. The van der Waals surface area contributed by atoms with Crippen molar-refractivity contribution in [2.24, 2.45) is 0 Å². The van der Waals surface area contributed by atoms with Crippen LogP contribution >= 0.6 is 11.6 Å². The van der Waals surface area contributed by atoms with E-state index in [-0.39, 0.29) is 5.54 Å². The molecule has 0 unspecified atom stereocenters. The fourth-order valence-corrected chi connectivity index (χ4v) is 1.50. The smallest absolute Gasteiger partial charge is 0.0405 e. The Labute approximate surface area is 74.8 Å². The molecule has 0 bridgehead atoms. The zero-order valence-corrected chi connectivity index (χ0v) is 8.25. The molecular formula is C9H18ClN. The number of halogens is 1. The molecular weight excluding hydrogens is 158 g/mol. The maximum Gasteiger partial charge on any atom is 0.0405 e. The van der Waals surface area contributed by atoms with E-state index in [9.17, 15) is 0 Å². The molecule has 0 saturated heterocycles. The number of hydrogen-bond donors (Lipinski definition) is 1. The number of alkyl halides is 1. The second-order valence-corrected chi connectivity index (χ2v) is 3.06. The minimum absolute atomic E-state index is 0.121. The Bertz CT molecular complexity index is 99.9. The summed E-state index contributed by atoms with van der Waals surface area (Å²) in [6.07, 6.45) is 4.01. The Kier molecular flexibility index (Phi) is 5.61. The molecule has 1 nitrogen and oxygen atoms in total. The van der Waals surface area contributed by atoms with E-state index >= 15 is 0 Å². The van der Waals surface area contributed by atoms with E-state index in [0.717, 1.165) is 19.4 Å². The van der Waals surface area contributed by atoms with Crippen LogP contribution in [0.25, 0.3) is 0 Å². The molecule has 0 aliphatic heterocycles. The van der Waals surface area contributed by atoms with Crippen LogP contribution in [0.3, 0.4) is 0 Å². The van der Waals surface area contributed by atoms with Gasteiger partial charge in [-0.2, -0.15) is 0 Å². The summed E-state index contributed by atoms with van der Waals surface area (Å²) in [5.74, 6) is 0.674. The van der Waals surface area contributed by atoms with Crippen molar-refractivity contribution in [1.29, 1.82) is 0 Å². The van der Waals surface area contributed by atoms with Gasteiger partial charge in [-0.3, -0.25) is 0 Å². The van der Waals surface area contributed by atoms with E-state index in [1.165, 1.54) is 0 Å². The van der Waals surface area contributed by atoms with Gasteiger partial charge in [-0.15, -0.1) is 18.2 Å². The molecule has 0 atom stereocenters. The molecule has 0 rings (SSSR count). The van der Waals surface area contributed by atoms with E-state index in [1.807, 2.05) is 6.08 Å². The average molecular weight is 176 g/mol. The normalized spacial score (nSPS) is 11.5. The minimum Gasteiger partial charge on any atom is -0.307 e. The Morgan fingerprint density at radius 2 is 2.00 bits per heavy atom. The fraction of sp³-hybridized carbons (Fsp3) is 0.778. The van der Waals surface area contributed by atoms with Gasteiger partial charge in [0.1, 0.15) is 0 Å². The molecule has 0 fully saturated rings. The quantitative estimate of drug-likeness (QED) is 0.484. The lowest BCUT2D eigenvalue weighted by Gasteiger charge is -2.30. The van der Waals surface area contributed by atoms with Crippen molar-refractivity contribution >= 4 is 11.6 Å². The van der Waals surface area contributed by atoms with Gasteiger partial charge >= 0.3 is 0 Å². The topological polar surface area (TPSA) is 12.0 Å². The summed E-state index contributed by atoms with van der Waals surface area (Å²) < 4.78 is 0. The summed E-state index contributed by atoms with van der Waals surface area (Å²) in [6, 6.07) is 0. The molecule has 1 N–H and O–H groups in total. The molecule has 0 spiro atoms. The summed E-state index contributed by atoms with van der Waals surface area (Å²) in [5.41, 5.74) is 0.121. The van der Waals surface area contributed by atoms with Crippen LogP contribution in [0.5, 0.6) is 0 Å². The van der Waals surface area contributed by atoms with Gasteiger partial charge in [0.2, 0.25) is 0 Å². The first-order chi connectivity index (χ1) is 5.24. The number of nitrogens with one attached hydrogen (secondary N) is 1. The first kappa shape index (κ1) is 11.0. The van der Waals surface area contributed by atoms with Crippen molar-refractivity contribution in [2.75, 3.05) is 12.4 Å². The Morgan fingerprint density at radius 1 is 1.45 bits per heavy atom. The van der Waals surface area contributed by atoms with E-state index in [1.54, 1.807) is 0 Å². The molecule has 0 aliphatic rings. The van der Waals surface area contributed by atoms with Crippen molar-refractivity contribution in [3.05, 3.63) is 12.7 Å². The Morgan fingerprint density at radius 3 is 2.27 bits per heavy atom. The molecule has 0 aliphatic carbocycles. The number of rotatable bonds is 6. The third-order valence-electron chi connectivity index (χ3n) is 2.23. The Hall–Kier alpha value is -0.0100. The van der Waals surface area contributed by atoms with Gasteiger partial charge in [0, 0.05) is 18.0 Å². The van der Waals surface area contributed by atoms with Gasteiger partial charge in [0.05, 0.1) is 0 Å². The minimum atomic E-state index is 0.121. The molecule has 0 aromatic heterocycles. The molecule has 2 heteroatoms. The largest absolute Gasteiger partial charge is 0.307 e. The van der Waals surface area contributed by atoms with Crippen LogP contribution in [0.15, 0.2) is 12.7 Å². The van der Waals surface area contributed by atoms with Crippen LogP contribution in [-0.2, 0) is 0 Å². The summed E-state index contributed by atoms with van der Waals surface area (Å²) in [6.45, 7) is 8.81. The molecule has 0 aromatic carbocycles. The lowest BCUT2D eigenvalue weighted by atomic mass is 9.95. The summed E-state index contributed by atoms with van der Waals surface area (Å²) in [4.78, 5) is 0. The SMILES string of the molecule is C=CCNC(CC)(CC)CCl. The average Bonchev–Trinajstić information content (AvgIpc) is 2.08. The summed E-state index contributed by atoms with van der Waals surface area (Å²) in [5, 5.41) is 3.38.